The van der Waals surface area contributed by atoms with Crippen molar-refractivity contribution in [1.82, 2.24) is 4.31 Å². The molecule has 0 N–H and O–H groups in total. The summed E-state index contributed by atoms with van der Waals surface area (Å²) in [7, 11) is -3.59. The Morgan fingerprint density at radius 1 is 1.15 bits per heavy atom. The number of ether oxygens (including phenoxy) is 1. The lowest BCUT2D eigenvalue weighted by Crippen LogP contribution is -2.62. The highest BCUT2D eigenvalue weighted by Crippen LogP contribution is 2.38. The third kappa shape index (κ3) is 3.17. The first-order valence-electron chi connectivity index (χ1n) is 9.07. The molecule has 0 bridgehead atoms. The zero-order valence-corrected chi connectivity index (χ0v) is 16.8. The van der Waals surface area contributed by atoms with Crippen LogP contribution in [0.1, 0.15) is 26.7 Å². The first-order valence-corrected chi connectivity index (χ1v) is 10.9. The topological polar surface area (TPSA) is 49.9 Å². The Hall–Kier alpha value is -1.08. The number of rotatable bonds is 3. The van der Waals surface area contributed by atoms with Crippen molar-refractivity contribution in [2.45, 2.75) is 37.2 Å². The number of halogens is 1. The lowest BCUT2D eigenvalue weighted by atomic mass is 9.82. The molecule has 1 aromatic carbocycles. The van der Waals surface area contributed by atoms with E-state index in [1.165, 1.54) is 4.31 Å². The van der Waals surface area contributed by atoms with Crippen molar-refractivity contribution >= 4 is 27.3 Å². The maximum absolute atomic E-state index is 12.9. The average Bonchev–Trinajstić information content (AvgIpc) is 3.03. The maximum atomic E-state index is 12.9. The number of piperidine rings is 1. The predicted octanol–water partition coefficient (Wildman–Crippen LogP) is 3.30. The zero-order valence-electron chi connectivity index (χ0n) is 15.2. The van der Waals surface area contributed by atoms with Crippen molar-refractivity contribution in [1.29, 1.82) is 0 Å². The van der Waals surface area contributed by atoms with Crippen LogP contribution in [0.25, 0.3) is 0 Å². The fourth-order valence-electron chi connectivity index (χ4n) is 3.85. The van der Waals surface area contributed by atoms with Crippen molar-refractivity contribution < 1.29 is 13.2 Å². The molecule has 3 aliphatic rings. The van der Waals surface area contributed by atoms with Gasteiger partial charge in [-0.05, 0) is 36.5 Å². The van der Waals surface area contributed by atoms with Crippen LogP contribution in [0.4, 0.5) is 5.69 Å². The van der Waals surface area contributed by atoms with E-state index in [2.05, 4.69) is 18.7 Å². The van der Waals surface area contributed by atoms with Gasteiger partial charge >= 0.3 is 0 Å². The van der Waals surface area contributed by atoms with Crippen LogP contribution < -0.4 is 4.90 Å². The molecule has 1 spiro atoms. The molecule has 0 aliphatic carbocycles. The van der Waals surface area contributed by atoms with Gasteiger partial charge in [-0.1, -0.05) is 37.6 Å². The van der Waals surface area contributed by atoms with Gasteiger partial charge in [-0.3, -0.25) is 0 Å². The Morgan fingerprint density at radius 3 is 2.42 bits per heavy atom. The highest BCUT2D eigenvalue weighted by molar-refractivity contribution is 7.89. The summed E-state index contributed by atoms with van der Waals surface area (Å²) in [6.07, 6.45) is 6.13. The number of benzene rings is 1. The smallest absolute Gasteiger partial charge is 0.244 e. The summed E-state index contributed by atoms with van der Waals surface area (Å²) in [6, 6.07) is 5.30. The third-order valence-electron chi connectivity index (χ3n) is 5.79. The van der Waals surface area contributed by atoms with E-state index in [1.54, 1.807) is 12.1 Å². The second kappa shape index (κ2) is 6.23. The molecule has 142 valence electrons. The van der Waals surface area contributed by atoms with Crippen molar-refractivity contribution in [2.24, 2.45) is 5.41 Å². The summed E-state index contributed by atoms with van der Waals surface area (Å²) in [6.45, 7) is 7.76. The van der Waals surface area contributed by atoms with Crippen LogP contribution >= 0.6 is 11.6 Å². The molecule has 3 aliphatic heterocycles. The molecule has 0 unspecified atom stereocenters. The predicted molar refractivity (Wildman–Crippen MR) is 103 cm³/mol. The van der Waals surface area contributed by atoms with Crippen molar-refractivity contribution in [2.75, 3.05) is 37.7 Å². The summed E-state index contributed by atoms with van der Waals surface area (Å²) in [4.78, 5) is 2.46. The molecule has 0 aromatic heterocycles. The van der Waals surface area contributed by atoms with Gasteiger partial charge in [-0.15, -0.1) is 0 Å². The Bertz CT molecular complexity index is 834. The van der Waals surface area contributed by atoms with Crippen molar-refractivity contribution in [3.8, 4) is 0 Å². The van der Waals surface area contributed by atoms with Crippen molar-refractivity contribution in [3.63, 3.8) is 0 Å². The fourth-order valence-corrected chi connectivity index (χ4v) is 5.92. The highest BCUT2D eigenvalue weighted by atomic mass is 35.5. The molecule has 0 amide bonds. The lowest BCUT2D eigenvalue weighted by molar-refractivity contribution is -0.0556. The minimum absolute atomic E-state index is 0.178. The molecule has 0 atom stereocenters. The quantitative estimate of drug-likeness (QED) is 0.735. The van der Waals surface area contributed by atoms with Crippen LogP contribution in [0.3, 0.4) is 0 Å². The standard InChI is InChI=1S/C19H25ClN2O3S/c1-18(2)7-9-21(10-8-18)15-4-5-17(16(20)12-15)26(23,24)22-13-19(14-22)6-3-11-25-19/h3-6,12H,7-11,13-14H2,1-2H3. The minimum atomic E-state index is -3.59. The summed E-state index contributed by atoms with van der Waals surface area (Å²) >= 11 is 6.39. The Morgan fingerprint density at radius 2 is 1.85 bits per heavy atom. The Balaban J connectivity index is 1.50. The zero-order chi connectivity index (χ0) is 18.6. The van der Waals surface area contributed by atoms with Crippen LogP contribution in [-0.4, -0.2) is 51.1 Å². The van der Waals surface area contributed by atoms with E-state index in [4.69, 9.17) is 16.3 Å². The highest BCUT2D eigenvalue weighted by Gasteiger charge is 2.49. The van der Waals surface area contributed by atoms with Gasteiger partial charge in [0.1, 0.15) is 10.5 Å². The van der Waals surface area contributed by atoms with E-state index in [-0.39, 0.29) is 9.92 Å². The number of sulfonamides is 1. The largest absolute Gasteiger partial charge is 0.371 e. The summed E-state index contributed by atoms with van der Waals surface area (Å²) in [5.74, 6) is 0. The molecule has 0 saturated carbocycles. The molecule has 2 saturated heterocycles. The normalized spacial score (nSPS) is 24.8. The number of hydrogen-bond donors (Lipinski definition) is 0. The third-order valence-corrected chi connectivity index (χ3v) is 8.07. The maximum Gasteiger partial charge on any atom is 0.244 e. The first kappa shape index (κ1) is 18.3. The molecule has 4 rings (SSSR count). The SMILES string of the molecule is CC1(C)CCN(c2ccc(S(=O)(=O)N3CC4(C=CCO4)C3)c(Cl)c2)CC1. The van der Waals surface area contributed by atoms with Gasteiger partial charge in [-0.25, -0.2) is 8.42 Å². The molecule has 5 nitrogen and oxygen atoms in total. The van der Waals surface area contributed by atoms with Crippen LogP contribution in [0.2, 0.25) is 5.02 Å². The molecule has 2 fully saturated rings. The van der Waals surface area contributed by atoms with Gasteiger partial charge in [0.15, 0.2) is 0 Å². The molecular weight excluding hydrogens is 372 g/mol. The second-order valence-corrected chi connectivity index (χ2v) is 10.6. The molecule has 0 radical (unpaired) electrons. The van der Waals surface area contributed by atoms with Gasteiger partial charge in [-0.2, -0.15) is 4.31 Å². The lowest BCUT2D eigenvalue weighted by Gasteiger charge is -2.45. The minimum Gasteiger partial charge on any atom is -0.371 e. The van der Waals surface area contributed by atoms with Crippen LogP contribution in [-0.2, 0) is 14.8 Å². The average molecular weight is 397 g/mol. The molecular formula is C19H25ClN2O3S. The van der Waals surface area contributed by atoms with Crippen molar-refractivity contribution in [3.05, 3.63) is 35.4 Å². The fraction of sp³-hybridized carbons (Fsp3) is 0.579. The molecule has 7 heteroatoms. The number of hydrogen-bond acceptors (Lipinski definition) is 4. The molecule has 3 heterocycles. The van der Waals surface area contributed by atoms with Gasteiger partial charge in [0, 0.05) is 31.9 Å². The van der Waals surface area contributed by atoms with E-state index in [0.29, 0.717) is 25.1 Å². The van der Waals surface area contributed by atoms with E-state index in [9.17, 15) is 8.42 Å². The molecule has 1 aromatic rings. The first-order chi connectivity index (χ1) is 12.2. The van der Waals surface area contributed by atoms with Crippen LogP contribution in [0.15, 0.2) is 35.2 Å². The number of anilines is 1. The summed E-state index contributed by atoms with van der Waals surface area (Å²) in [5, 5.41) is 0.288. The van der Waals surface area contributed by atoms with Crippen LogP contribution in [0.5, 0.6) is 0 Å². The van der Waals surface area contributed by atoms with Gasteiger partial charge < -0.3 is 9.64 Å². The summed E-state index contributed by atoms with van der Waals surface area (Å²) < 4.78 is 32.9. The van der Waals surface area contributed by atoms with Crippen LogP contribution in [0, 0.1) is 5.41 Å². The van der Waals surface area contributed by atoms with E-state index >= 15 is 0 Å². The van der Waals surface area contributed by atoms with Gasteiger partial charge in [0.05, 0.1) is 11.6 Å². The monoisotopic (exact) mass is 396 g/mol. The van der Waals surface area contributed by atoms with Gasteiger partial charge in [0.25, 0.3) is 0 Å². The van der Waals surface area contributed by atoms with E-state index in [1.807, 2.05) is 18.2 Å². The van der Waals surface area contributed by atoms with E-state index in [0.717, 1.165) is 31.6 Å². The van der Waals surface area contributed by atoms with E-state index < -0.39 is 15.6 Å². The Kier molecular flexibility index (Phi) is 4.38. The Labute approximate surface area is 160 Å². The second-order valence-electron chi connectivity index (χ2n) is 8.32. The molecule has 26 heavy (non-hydrogen) atoms. The number of nitrogens with zero attached hydrogens (tertiary/aromatic N) is 2. The summed E-state index contributed by atoms with van der Waals surface area (Å²) in [5.41, 5.74) is 0.931. The van der Waals surface area contributed by atoms with Gasteiger partial charge in [0.2, 0.25) is 10.0 Å².